The number of amides is 3. The van der Waals surface area contributed by atoms with Crippen molar-refractivity contribution in [3.8, 4) is 17.1 Å². The lowest BCUT2D eigenvalue weighted by molar-refractivity contribution is -0.168. The Bertz CT molecular complexity index is 1130. The largest absolute Gasteiger partial charge is 0.494 e. The molecule has 214 valence electrons. The number of nitrogens with one attached hydrogen (secondary N) is 2. The van der Waals surface area contributed by atoms with E-state index in [1.807, 2.05) is 13.8 Å². The summed E-state index contributed by atoms with van der Waals surface area (Å²) >= 11 is 0. The minimum Gasteiger partial charge on any atom is -0.494 e. The summed E-state index contributed by atoms with van der Waals surface area (Å²) < 4.78 is 11.4. The van der Waals surface area contributed by atoms with Crippen molar-refractivity contribution in [2.75, 3.05) is 13.3 Å². The molecule has 1 saturated carbocycles. The summed E-state index contributed by atoms with van der Waals surface area (Å²) in [7, 11) is 0. The van der Waals surface area contributed by atoms with Crippen LogP contribution in [0.15, 0.2) is 34.7 Å². The van der Waals surface area contributed by atoms with Crippen molar-refractivity contribution in [1.82, 2.24) is 15.7 Å². The van der Waals surface area contributed by atoms with Gasteiger partial charge in [0, 0.05) is 17.9 Å². The maximum absolute atomic E-state index is 12.9. The Balaban J connectivity index is 1.64. The van der Waals surface area contributed by atoms with Crippen LogP contribution in [0.1, 0.15) is 81.3 Å². The first-order valence-electron chi connectivity index (χ1n) is 13.5. The molecule has 1 fully saturated rings. The van der Waals surface area contributed by atoms with Gasteiger partial charge in [0.2, 0.25) is 12.3 Å². The molecule has 3 atom stereocenters. The molecule has 11 heteroatoms. The third-order valence-corrected chi connectivity index (χ3v) is 6.96. The minimum absolute atomic E-state index is 0.0288. The molecule has 2 aromatic rings. The van der Waals surface area contributed by atoms with Gasteiger partial charge in [-0.25, -0.2) is 5.06 Å². The predicted molar refractivity (Wildman–Crippen MR) is 142 cm³/mol. The summed E-state index contributed by atoms with van der Waals surface area (Å²) in [6.45, 7) is 5.94. The van der Waals surface area contributed by atoms with Crippen molar-refractivity contribution in [2.24, 2.45) is 5.92 Å². The highest BCUT2D eigenvalue weighted by atomic mass is 16.5. The first-order chi connectivity index (χ1) is 18.6. The molecule has 3 unspecified atom stereocenters. The number of unbranched alkanes of at least 4 members (excludes halogenated alkanes) is 2. The Morgan fingerprint density at radius 1 is 1.18 bits per heavy atom. The van der Waals surface area contributed by atoms with E-state index in [1.165, 1.54) is 6.07 Å². The summed E-state index contributed by atoms with van der Waals surface area (Å²) in [5.41, 5.74) is 1.32. The number of aliphatic hydroxyl groups is 2. The van der Waals surface area contributed by atoms with Crippen molar-refractivity contribution in [2.45, 2.75) is 77.0 Å². The van der Waals surface area contributed by atoms with Gasteiger partial charge < -0.3 is 30.0 Å². The number of furan rings is 1. The number of ether oxygens (including phenoxy) is 1. The molecule has 5 N–H and O–H groups in total. The zero-order chi connectivity index (χ0) is 28.6. The van der Waals surface area contributed by atoms with Crippen LogP contribution in [0.25, 0.3) is 11.3 Å². The number of rotatable bonds is 16. The highest BCUT2D eigenvalue weighted by Crippen LogP contribution is 2.50. The molecular formula is C28H39N3O8. The summed E-state index contributed by atoms with van der Waals surface area (Å²) in [6, 6.07) is 7.75. The van der Waals surface area contributed by atoms with Crippen molar-refractivity contribution in [3.05, 3.63) is 41.7 Å². The molecule has 1 aromatic heterocycles. The second kappa shape index (κ2) is 13.6. The van der Waals surface area contributed by atoms with Gasteiger partial charge in [0.15, 0.2) is 11.5 Å². The van der Waals surface area contributed by atoms with E-state index in [0.717, 1.165) is 19.3 Å². The molecule has 0 spiro atoms. The zero-order valence-corrected chi connectivity index (χ0v) is 22.7. The lowest BCUT2D eigenvalue weighted by atomic mass is 9.90. The fraction of sp³-hybridized carbons (Fsp3) is 0.536. The molecule has 0 aliphatic heterocycles. The van der Waals surface area contributed by atoms with E-state index < -0.39 is 29.6 Å². The second-order valence-corrected chi connectivity index (χ2v) is 9.81. The molecule has 1 aliphatic carbocycles. The fourth-order valence-electron chi connectivity index (χ4n) is 4.73. The van der Waals surface area contributed by atoms with Crippen LogP contribution in [0.3, 0.4) is 0 Å². The highest BCUT2D eigenvalue weighted by molar-refractivity contribution is 5.92. The Hall–Kier alpha value is -3.41. The van der Waals surface area contributed by atoms with Crippen molar-refractivity contribution in [3.63, 3.8) is 0 Å². The van der Waals surface area contributed by atoms with E-state index in [0.29, 0.717) is 53.6 Å². The first-order valence-corrected chi connectivity index (χ1v) is 13.5. The van der Waals surface area contributed by atoms with Gasteiger partial charge in [-0.1, -0.05) is 33.1 Å². The van der Waals surface area contributed by atoms with Crippen LogP contribution in [0.5, 0.6) is 5.75 Å². The van der Waals surface area contributed by atoms with E-state index in [1.54, 1.807) is 31.2 Å². The van der Waals surface area contributed by atoms with Crippen LogP contribution in [0.2, 0.25) is 0 Å². The number of hydrogen-bond donors (Lipinski definition) is 5. The molecule has 39 heavy (non-hydrogen) atoms. The number of hydroxylamine groups is 2. The first kappa shape index (κ1) is 30.1. The van der Waals surface area contributed by atoms with Gasteiger partial charge in [-0.15, -0.1) is 0 Å². The lowest BCUT2D eigenvalue weighted by Crippen LogP contribution is -2.47. The van der Waals surface area contributed by atoms with Crippen molar-refractivity contribution >= 4 is 18.2 Å². The third kappa shape index (κ3) is 7.81. The topological polar surface area (TPSA) is 162 Å². The summed E-state index contributed by atoms with van der Waals surface area (Å²) in [5.74, 6) is -2.74. The number of nitrogens with zero attached hydrogens (tertiary/aromatic N) is 1. The van der Waals surface area contributed by atoms with Gasteiger partial charge in [-0.05, 0) is 55.7 Å². The Kier molecular flexibility index (Phi) is 10.5. The third-order valence-electron chi connectivity index (χ3n) is 6.96. The Morgan fingerprint density at radius 3 is 2.54 bits per heavy atom. The standard InChI is InChI=1S/C28H39N3O8/c1-4-7-8-9-21(23(5-2)31(37)17-32)26(33)29-16-30-27(34)25-11-10-24(39-25)19-12-18(22-15-28(22,35)36)13-20(14-19)38-6-3/h10-14,17,21-23,35-37H,4-9,15-16H2,1-3H3,(H,29,33)(H,30,34). The van der Waals surface area contributed by atoms with Crippen LogP contribution in [-0.2, 0) is 9.59 Å². The Labute approximate surface area is 228 Å². The van der Waals surface area contributed by atoms with Gasteiger partial charge in [0.1, 0.15) is 11.5 Å². The van der Waals surface area contributed by atoms with E-state index >= 15 is 0 Å². The number of hydrogen-bond acceptors (Lipinski definition) is 8. The van der Waals surface area contributed by atoms with E-state index in [-0.39, 0.29) is 24.8 Å². The number of carbonyl (C=O) groups excluding carboxylic acids is 3. The molecule has 3 amide bonds. The van der Waals surface area contributed by atoms with Crippen LogP contribution in [-0.4, -0.2) is 63.8 Å². The van der Waals surface area contributed by atoms with Crippen LogP contribution >= 0.6 is 0 Å². The van der Waals surface area contributed by atoms with Crippen LogP contribution < -0.4 is 15.4 Å². The molecule has 1 aromatic carbocycles. The SMILES string of the molecule is CCCCCC(C(=O)NCNC(=O)c1ccc(-c2cc(OCC)cc(C3CC3(O)O)c2)o1)C(CC)N(O)C=O. The van der Waals surface area contributed by atoms with Gasteiger partial charge in [-0.2, -0.15) is 0 Å². The highest BCUT2D eigenvalue weighted by Gasteiger charge is 2.52. The zero-order valence-electron chi connectivity index (χ0n) is 22.7. The fourth-order valence-corrected chi connectivity index (χ4v) is 4.73. The van der Waals surface area contributed by atoms with Gasteiger partial charge in [-0.3, -0.25) is 19.6 Å². The molecule has 3 rings (SSSR count). The average molecular weight is 546 g/mol. The monoisotopic (exact) mass is 545 g/mol. The lowest BCUT2D eigenvalue weighted by Gasteiger charge is -2.29. The number of carbonyl (C=O) groups is 3. The normalized spacial score (nSPS) is 17.1. The Morgan fingerprint density at radius 2 is 1.92 bits per heavy atom. The van der Waals surface area contributed by atoms with Crippen molar-refractivity contribution in [1.29, 1.82) is 0 Å². The molecule has 1 heterocycles. The maximum atomic E-state index is 12.9. The van der Waals surface area contributed by atoms with E-state index in [4.69, 9.17) is 9.15 Å². The van der Waals surface area contributed by atoms with Gasteiger partial charge in [0.05, 0.1) is 25.2 Å². The summed E-state index contributed by atoms with van der Waals surface area (Å²) in [4.78, 5) is 36.7. The quantitative estimate of drug-likeness (QED) is 0.0707. The van der Waals surface area contributed by atoms with Crippen molar-refractivity contribution < 1.29 is 39.0 Å². The molecule has 0 saturated heterocycles. The predicted octanol–water partition coefficient (Wildman–Crippen LogP) is 3.14. The maximum Gasteiger partial charge on any atom is 0.288 e. The van der Waals surface area contributed by atoms with E-state index in [2.05, 4.69) is 10.6 Å². The molecule has 0 radical (unpaired) electrons. The smallest absolute Gasteiger partial charge is 0.288 e. The molecule has 0 bridgehead atoms. The second-order valence-electron chi connectivity index (χ2n) is 9.81. The van der Waals surface area contributed by atoms with E-state index in [9.17, 15) is 29.8 Å². The summed E-state index contributed by atoms with van der Waals surface area (Å²) in [6.07, 6.45) is 4.06. The molecule has 1 aliphatic rings. The molecular weight excluding hydrogens is 506 g/mol. The van der Waals surface area contributed by atoms with Gasteiger partial charge >= 0.3 is 0 Å². The van der Waals surface area contributed by atoms with Gasteiger partial charge in [0.25, 0.3) is 5.91 Å². The number of benzene rings is 1. The van der Waals surface area contributed by atoms with Crippen LogP contribution in [0, 0.1) is 5.92 Å². The van der Waals surface area contributed by atoms with Crippen LogP contribution in [0.4, 0.5) is 0 Å². The average Bonchev–Trinajstić information content (AvgIpc) is 3.30. The summed E-state index contributed by atoms with van der Waals surface area (Å²) in [5, 5.41) is 35.5. The minimum atomic E-state index is -1.74. The molecule has 11 nitrogen and oxygen atoms in total.